The lowest BCUT2D eigenvalue weighted by molar-refractivity contribution is 0.579. The monoisotopic (exact) mass is 319 g/mol. The maximum Gasteiger partial charge on any atom is 0.181 e. The lowest BCUT2D eigenvalue weighted by Crippen LogP contribution is -2.08. The van der Waals surface area contributed by atoms with Gasteiger partial charge in [0.1, 0.15) is 5.69 Å². The molecule has 0 spiro atoms. The maximum atomic E-state index is 5.48. The van der Waals surface area contributed by atoms with Gasteiger partial charge in [-0.05, 0) is 30.3 Å². The first-order valence-electron chi connectivity index (χ1n) is 7.63. The molecule has 4 aromatic rings. The molecule has 3 aromatic heterocycles. The van der Waals surface area contributed by atoms with Crippen molar-refractivity contribution in [1.29, 1.82) is 0 Å². The molecule has 24 heavy (non-hydrogen) atoms. The molecule has 6 nitrogen and oxygen atoms in total. The Hall–Kier alpha value is -3.28. The second-order valence-electron chi connectivity index (χ2n) is 5.66. The molecule has 0 saturated carbocycles. The third kappa shape index (κ3) is 2.48. The van der Waals surface area contributed by atoms with Gasteiger partial charge in [0, 0.05) is 37.9 Å². The topological polar surface area (TPSA) is 58.6 Å². The van der Waals surface area contributed by atoms with Gasteiger partial charge >= 0.3 is 0 Å². The van der Waals surface area contributed by atoms with Gasteiger partial charge < -0.3 is 14.6 Å². The smallest absolute Gasteiger partial charge is 0.181 e. The number of fused-ring (bicyclic) bond motifs is 1. The summed E-state index contributed by atoms with van der Waals surface area (Å²) in [6, 6.07) is 11.9. The zero-order valence-corrected chi connectivity index (χ0v) is 13.5. The summed E-state index contributed by atoms with van der Waals surface area (Å²) >= 11 is 0. The van der Waals surface area contributed by atoms with Crippen molar-refractivity contribution in [2.24, 2.45) is 0 Å². The number of anilines is 3. The number of nitrogens with one attached hydrogen (secondary N) is 1. The first-order chi connectivity index (χ1) is 11.7. The third-order valence-corrected chi connectivity index (χ3v) is 3.83. The van der Waals surface area contributed by atoms with Crippen molar-refractivity contribution < 1.29 is 4.42 Å². The molecule has 6 heteroatoms. The molecule has 0 saturated heterocycles. The zero-order chi connectivity index (χ0) is 16.5. The van der Waals surface area contributed by atoms with Gasteiger partial charge in [0.2, 0.25) is 0 Å². The van der Waals surface area contributed by atoms with Crippen molar-refractivity contribution in [2.45, 2.75) is 0 Å². The Kier molecular flexibility index (Phi) is 3.42. The van der Waals surface area contributed by atoms with Crippen LogP contribution in [0, 0.1) is 0 Å². The summed E-state index contributed by atoms with van der Waals surface area (Å²) in [7, 11) is 4.03. The molecule has 1 aromatic carbocycles. The molecule has 4 rings (SSSR count). The van der Waals surface area contributed by atoms with E-state index in [1.165, 1.54) is 0 Å². The molecule has 0 aliphatic heterocycles. The standard InChI is InChI=1S/C18H17N5O/c1-22(2)14-6-3-5-13(11-14)21-17-18-20-12-15(16-7-4-10-24-16)23(18)9-8-19-17/h3-12H,1-2H3,(H,19,21). The summed E-state index contributed by atoms with van der Waals surface area (Å²) in [6.45, 7) is 0. The van der Waals surface area contributed by atoms with E-state index in [-0.39, 0.29) is 0 Å². The molecule has 1 N–H and O–H groups in total. The molecule has 0 aliphatic rings. The predicted octanol–water partition coefficient (Wildman–Crippen LogP) is 3.80. The first kappa shape index (κ1) is 14.3. The number of rotatable bonds is 4. The van der Waals surface area contributed by atoms with Crippen LogP contribution in [0.3, 0.4) is 0 Å². The minimum Gasteiger partial charge on any atom is -0.463 e. The number of hydrogen-bond acceptors (Lipinski definition) is 5. The molecule has 0 aliphatic carbocycles. The van der Waals surface area contributed by atoms with Crippen LogP contribution in [0.15, 0.2) is 65.7 Å². The van der Waals surface area contributed by atoms with Crippen molar-refractivity contribution in [3.63, 3.8) is 0 Å². The Morgan fingerprint density at radius 3 is 2.83 bits per heavy atom. The van der Waals surface area contributed by atoms with Gasteiger partial charge in [0.05, 0.1) is 12.5 Å². The minimum atomic E-state index is 0.700. The first-order valence-corrected chi connectivity index (χ1v) is 7.63. The molecule has 0 amide bonds. The van der Waals surface area contributed by atoms with Crippen molar-refractivity contribution in [2.75, 3.05) is 24.3 Å². The van der Waals surface area contributed by atoms with Crippen LogP contribution in [0.4, 0.5) is 17.2 Å². The normalized spacial score (nSPS) is 10.9. The average Bonchev–Trinajstić information content (AvgIpc) is 3.24. The van der Waals surface area contributed by atoms with Crippen LogP contribution >= 0.6 is 0 Å². The molecule has 120 valence electrons. The summed E-state index contributed by atoms with van der Waals surface area (Å²) in [5.41, 5.74) is 3.72. The Morgan fingerprint density at radius 2 is 2.04 bits per heavy atom. The van der Waals surface area contributed by atoms with E-state index in [0.717, 1.165) is 28.5 Å². The maximum absolute atomic E-state index is 5.48. The quantitative estimate of drug-likeness (QED) is 0.620. The lowest BCUT2D eigenvalue weighted by atomic mass is 10.2. The highest BCUT2D eigenvalue weighted by Crippen LogP contribution is 2.26. The number of imidazole rings is 1. The largest absolute Gasteiger partial charge is 0.463 e. The van der Waals surface area contributed by atoms with Crippen molar-refractivity contribution >= 4 is 22.8 Å². The van der Waals surface area contributed by atoms with Crippen LogP contribution in [0.1, 0.15) is 0 Å². The average molecular weight is 319 g/mol. The molecule has 0 bridgehead atoms. The van der Waals surface area contributed by atoms with Crippen LogP contribution in [-0.4, -0.2) is 28.5 Å². The molecular weight excluding hydrogens is 302 g/mol. The van der Waals surface area contributed by atoms with E-state index in [1.807, 2.05) is 49.0 Å². The van der Waals surface area contributed by atoms with E-state index in [0.29, 0.717) is 5.82 Å². The second kappa shape index (κ2) is 5.73. The van der Waals surface area contributed by atoms with E-state index in [4.69, 9.17) is 4.42 Å². The van der Waals surface area contributed by atoms with Crippen LogP contribution in [0.2, 0.25) is 0 Å². The van der Waals surface area contributed by atoms with E-state index in [1.54, 1.807) is 18.7 Å². The third-order valence-electron chi connectivity index (χ3n) is 3.83. The van der Waals surface area contributed by atoms with Gasteiger partial charge in [0.15, 0.2) is 17.2 Å². The van der Waals surface area contributed by atoms with Crippen LogP contribution in [0.5, 0.6) is 0 Å². The second-order valence-corrected chi connectivity index (χ2v) is 5.66. The summed E-state index contributed by atoms with van der Waals surface area (Å²) in [5, 5.41) is 3.35. The molecule has 0 unspecified atom stereocenters. The van der Waals surface area contributed by atoms with E-state index >= 15 is 0 Å². The summed E-state index contributed by atoms with van der Waals surface area (Å²) in [6.07, 6.45) is 7.07. The van der Waals surface area contributed by atoms with Crippen molar-refractivity contribution in [3.05, 3.63) is 61.3 Å². The van der Waals surface area contributed by atoms with Crippen LogP contribution in [0.25, 0.3) is 17.1 Å². The van der Waals surface area contributed by atoms with Gasteiger partial charge in [-0.25, -0.2) is 9.97 Å². The van der Waals surface area contributed by atoms with Crippen LogP contribution < -0.4 is 10.2 Å². The fourth-order valence-electron chi connectivity index (χ4n) is 2.61. The van der Waals surface area contributed by atoms with E-state index in [2.05, 4.69) is 32.3 Å². The van der Waals surface area contributed by atoms with Crippen molar-refractivity contribution in [1.82, 2.24) is 14.4 Å². The minimum absolute atomic E-state index is 0.700. The highest BCUT2D eigenvalue weighted by Gasteiger charge is 2.12. The fourth-order valence-corrected chi connectivity index (χ4v) is 2.61. The summed E-state index contributed by atoms with van der Waals surface area (Å²) in [5.74, 6) is 1.47. The summed E-state index contributed by atoms with van der Waals surface area (Å²) in [4.78, 5) is 11.0. The fraction of sp³-hybridized carbons (Fsp3) is 0.111. The highest BCUT2D eigenvalue weighted by molar-refractivity contribution is 5.74. The predicted molar refractivity (Wildman–Crippen MR) is 94.7 cm³/mol. The van der Waals surface area contributed by atoms with Crippen molar-refractivity contribution in [3.8, 4) is 11.5 Å². The van der Waals surface area contributed by atoms with Gasteiger partial charge in [-0.1, -0.05) is 6.07 Å². The number of nitrogens with zero attached hydrogens (tertiary/aromatic N) is 4. The SMILES string of the molecule is CN(C)c1cccc(Nc2nccn3c(-c4ccco4)cnc23)c1. The summed E-state index contributed by atoms with van der Waals surface area (Å²) < 4.78 is 7.44. The number of furan rings is 1. The Bertz CT molecular complexity index is 972. The lowest BCUT2D eigenvalue weighted by Gasteiger charge is -2.14. The molecule has 0 fully saturated rings. The molecule has 0 radical (unpaired) electrons. The van der Waals surface area contributed by atoms with Gasteiger partial charge in [-0.3, -0.25) is 4.40 Å². The van der Waals surface area contributed by atoms with Gasteiger partial charge in [0.25, 0.3) is 0 Å². The zero-order valence-electron chi connectivity index (χ0n) is 13.5. The number of benzene rings is 1. The highest BCUT2D eigenvalue weighted by atomic mass is 16.3. The van der Waals surface area contributed by atoms with E-state index in [9.17, 15) is 0 Å². The molecule has 0 atom stereocenters. The number of aromatic nitrogens is 3. The molecule has 3 heterocycles. The van der Waals surface area contributed by atoms with Gasteiger partial charge in [-0.2, -0.15) is 0 Å². The molecular formula is C18H17N5O. The number of hydrogen-bond donors (Lipinski definition) is 1. The van der Waals surface area contributed by atoms with Gasteiger partial charge in [-0.15, -0.1) is 0 Å². The Labute approximate surface area is 139 Å². The Morgan fingerprint density at radius 1 is 1.12 bits per heavy atom. The van der Waals surface area contributed by atoms with Crippen LogP contribution in [-0.2, 0) is 0 Å². The van der Waals surface area contributed by atoms with E-state index < -0.39 is 0 Å². The Balaban J connectivity index is 1.74.